The molecule has 0 radical (unpaired) electrons. The summed E-state index contributed by atoms with van der Waals surface area (Å²) in [7, 11) is 3.21. The third-order valence-corrected chi connectivity index (χ3v) is 4.19. The molecule has 0 aliphatic carbocycles. The van der Waals surface area contributed by atoms with Crippen LogP contribution in [0.25, 0.3) is 11.0 Å². The Morgan fingerprint density at radius 2 is 1.71 bits per heavy atom. The molecule has 7 nitrogen and oxygen atoms in total. The van der Waals surface area contributed by atoms with E-state index in [1.807, 2.05) is 42.5 Å². The molecule has 0 aliphatic heterocycles. The number of para-hydroxylation sites is 2. The minimum Gasteiger partial charge on any atom is -0.493 e. The van der Waals surface area contributed by atoms with Crippen molar-refractivity contribution in [2.75, 3.05) is 32.7 Å². The van der Waals surface area contributed by atoms with E-state index in [-0.39, 0.29) is 12.3 Å². The molecule has 0 saturated carbocycles. The second-order valence-electron chi connectivity index (χ2n) is 6.00. The van der Waals surface area contributed by atoms with Gasteiger partial charge in [-0.3, -0.25) is 0 Å². The molecule has 7 heteroatoms. The van der Waals surface area contributed by atoms with E-state index in [0.717, 1.165) is 5.56 Å². The molecular weight excluding hydrogens is 358 g/mol. The van der Waals surface area contributed by atoms with E-state index in [1.165, 1.54) is 0 Å². The van der Waals surface area contributed by atoms with Crippen LogP contribution < -0.4 is 14.8 Å². The van der Waals surface area contributed by atoms with Gasteiger partial charge < -0.3 is 19.5 Å². The lowest BCUT2D eigenvalue weighted by Gasteiger charge is -2.12. The molecule has 1 N–H and O–H groups in total. The molecule has 0 unspecified atom stereocenters. The van der Waals surface area contributed by atoms with Crippen molar-refractivity contribution in [2.45, 2.75) is 13.3 Å². The average Bonchev–Trinajstić information content (AvgIpc) is 2.73. The predicted molar refractivity (Wildman–Crippen MR) is 107 cm³/mol. The molecule has 146 valence electrons. The zero-order valence-corrected chi connectivity index (χ0v) is 16.2. The molecule has 1 aromatic heterocycles. The molecule has 0 aliphatic rings. The lowest BCUT2D eigenvalue weighted by atomic mass is 10.1. The number of anilines is 1. The van der Waals surface area contributed by atoms with Crippen molar-refractivity contribution in [3.8, 4) is 11.5 Å². The number of esters is 1. The SMILES string of the molecule is CCOC(=O)c1nc2ccccc2nc1NCCc1ccc(OC)c(OC)c1. The van der Waals surface area contributed by atoms with Crippen molar-refractivity contribution in [3.05, 3.63) is 53.7 Å². The highest BCUT2D eigenvalue weighted by atomic mass is 16.5. The predicted octanol–water partition coefficient (Wildman–Crippen LogP) is 3.48. The van der Waals surface area contributed by atoms with Gasteiger partial charge in [0.25, 0.3) is 0 Å². The number of fused-ring (bicyclic) bond motifs is 1. The summed E-state index contributed by atoms with van der Waals surface area (Å²) in [5, 5.41) is 3.21. The number of ether oxygens (including phenoxy) is 3. The first kappa shape index (κ1) is 19.4. The molecule has 0 bridgehead atoms. The molecule has 3 rings (SSSR count). The fraction of sp³-hybridized carbons (Fsp3) is 0.286. The summed E-state index contributed by atoms with van der Waals surface area (Å²) in [6.45, 7) is 2.60. The summed E-state index contributed by atoms with van der Waals surface area (Å²) in [5.41, 5.74) is 2.62. The van der Waals surface area contributed by atoms with E-state index < -0.39 is 5.97 Å². The van der Waals surface area contributed by atoms with Crippen molar-refractivity contribution in [1.82, 2.24) is 9.97 Å². The Labute approximate surface area is 163 Å². The molecule has 0 saturated heterocycles. The minimum atomic E-state index is -0.491. The highest BCUT2D eigenvalue weighted by Gasteiger charge is 2.17. The van der Waals surface area contributed by atoms with Crippen LogP contribution in [0.3, 0.4) is 0 Å². The summed E-state index contributed by atoms with van der Waals surface area (Å²) in [6, 6.07) is 13.2. The van der Waals surface area contributed by atoms with Gasteiger partial charge in [-0.15, -0.1) is 0 Å². The van der Waals surface area contributed by atoms with Gasteiger partial charge >= 0.3 is 5.97 Å². The van der Waals surface area contributed by atoms with Crippen molar-refractivity contribution < 1.29 is 19.0 Å². The number of carbonyl (C=O) groups is 1. The fourth-order valence-electron chi connectivity index (χ4n) is 2.83. The smallest absolute Gasteiger partial charge is 0.360 e. The lowest BCUT2D eigenvalue weighted by Crippen LogP contribution is -2.15. The molecule has 1 heterocycles. The maximum Gasteiger partial charge on any atom is 0.360 e. The number of carbonyl (C=O) groups excluding carboxylic acids is 1. The van der Waals surface area contributed by atoms with E-state index in [1.54, 1.807) is 21.1 Å². The van der Waals surface area contributed by atoms with Gasteiger partial charge in [0.15, 0.2) is 23.0 Å². The monoisotopic (exact) mass is 381 g/mol. The molecule has 0 amide bonds. The number of nitrogens with one attached hydrogen (secondary N) is 1. The number of nitrogens with zero attached hydrogens (tertiary/aromatic N) is 2. The largest absolute Gasteiger partial charge is 0.493 e. The van der Waals surface area contributed by atoms with Gasteiger partial charge in [-0.2, -0.15) is 0 Å². The first-order valence-corrected chi connectivity index (χ1v) is 9.05. The number of methoxy groups -OCH3 is 2. The van der Waals surface area contributed by atoms with Crippen LogP contribution in [-0.2, 0) is 11.2 Å². The van der Waals surface area contributed by atoms with Crippen LogP contribution in [-0.4, -0.2) is 43.3 Å². The van der Waals surface area contributed by atoms with Gasteiger partial charge in [-0.1, -0.05) is 18.2 Å². The molecule has 0 atom stereocenters. The van der Waals surface area contributed by atoms with Crippen molar-refractivity contribution in [1.29, 1.82) is 0 Å². The highest BCUT2D eigenvalue weighted by molar-refractivity contribution is 5.95. The van der Waals surface area contributed by atoms with Crippen LogP contribution in [0.5, 0.6) is 11.5 Å². The van der Waals surface area contributed by atoms with Gasteiger partial charge in [0.1, 0.15) is 0 Å². The zero-order valence-electron chi connectivity index (χ0n) is 16.2. The standard InChI is InChI=1S/C21H23N3O4/c1-4-28-21(25)19-20(24-16-8-6-5-7-15(16)23-19)22-12-11-14-9-10-17(26-2)18(13-14)27-3/h5-10,13H,4,11-12H2,1-3H3,(H,22,24). The summed E-state index contributed by atoms with van der Waals surface area (Å²) < 4.78 is 15.7. The van der Waals surface area contributed by atoms with Crippen molar-refractivity contribution in [2.24, 2.45) is 0 Å². The highest BCUT2D eigenvalue weighted by Crippen LogP contribution is 2.27. The Morgan fingerprint density at radius 3 is 2.39 bits per heavy atom. The topological polar surface area (TPSA) is 82.6 Å². The third kappa shape index (κ3) is 4.31. The van der Waals surface area contributed by atoms with Gasteiger partial charge in [0.05, 0.1) is 31.9 Å². The van der Waals surface area contributed by atoms with Gasteiger partial charge in [-0.25, -0.2) is 14.8 Å². The van der Waals surface area contributed by atoms with E-state index in [0.29, 0.717) is 41.3 Å². The Kier molecular flexibility index (Phi) is 6.26. The Hall–Kier alpha value is -3.35. The Bertz CT molecular complexity index is 975. The van der Waals surface area contributed by atoms with Crippen LogP contribution in [0.2, 0.25) is 0 Å². The second kappa shape index (κ2) is 9.03. The van der Waals surface area contributed by atoms with E-state index in [2.05, 4.69) is 15.3 Å². The summed E-state index contributed by atoms with van der Waals surface area (Å²) >= 11 is 0. The first-order chi connectivity index (χ1) is 13.7. The summed E-state index contributed by atoms with van der Waals surface area (Å²) in [5.74, 6) is 1.29. The molecule has 28 heavy (non-hydrogen) atoms. The number of aromatic nitrogens is 2. The number of hydrogen-bond donors (Lipinski definition) is 1. The minimum absolute atomic E-state index is 0.188. The summed E-state index contributed by atoms with van der Waals surface area (Å²) in [4.78, 5) is 21.3. The van der Waals surface area contributed by atoms with Crippen LogP contribution in [0.4, 0.5) is 5.82 Å². The fourth-order valence-corrected chi connectivity index (χ4v) is 2.83. The lowest BCUT2D eigenvalue weighted by molar-refractivity contribution is 0.0521. The Balaban J connectivity index is 1.79. The molecule has 3 aromatic rings. The van der Waals surface area contributed by atoms with Crippen molar-refractivity contribution >= 4 is 22.8 Å². The molecule has 0 spiro atoms. The third-order valence-electron chi connectivity index (χ3n) is 4.19. The normalized spacial score (nSPS) is 10.5. The summed E-state index contributed by atoms with van der Waals surface area (Å²) in [6.07, 6.45) is 0.705. The van der Waals surface area contributed by atoms with Gasteiger partial charge in [0, 0.05) is 6.54 Å². The zero-order chi connectivity index (χ0) is 19.9. The van der Waals surface area contributed by atoms with Gasteiger partial charge in [-0.05, 0) is 43.2 Å². The maximum absolute atomic E-state index is 12.3. The van der Waals surface area contributed by atoms with Gasteiger partial charge in [0.2, 0.25) is 0 Å². The van der Waals surface area contributed by atoms with Crippen LogP contribution in [0, 0.1) is 0 Å². The number of hydrogen-bond acceptors (Lipinski definition) is 7. The van der Waals surface area contributed by atoms with Crippen LogP contribution in [0.1, 0.15) is 23.0 Å². The quantitative estimate of drug-likeness (QED) is 0.598. The second-order valence-corrected chi connectivity index (χ2v) is 6.00. The van der Waals surface area contributed by atoms with E-state index in [4.69, 9.17) is 14.2 Å². The van der Waals surface area contributed by atoms with E-state index >= 15 is 0 Å². The first-order valence-electron chi connectivity index (χ1n) is 9.05. The van der Waals surface area contributed by atoms with Crippen LogP contribution >= 0.6 is 0 Å². The Morgan fingerprint density at radius 1 is 1.00 bits per heavy atom. The average molecular weight is 381 g/mol. The van der Waals surface area contributed by atoms with Crippen LogP contribution in [0.15, 0.2) is 42.5 Å². The number of benzene rings is 2. The molecule has 2 aromatic carbocycles. The van der Waals surface area contributed by atoms with E-state index in [9.17, 15) is 4.79 Å². The number of rotatable bonds is 8. The molecular formula is C21H23N3O4. The van der Waals surface area contributed by atoms with Crippen molar-refractivity contribution in [3.63, 3.8) is 0 Å². The maximum atomic E-state index is 12.3. The molecule has 0 fully saturated rings.